The van der Waals surface area contributed by atoms with Crippen molar-refractivity contribution in [3.05, 3.63) is 100 Å². The molecule has 0 amide bonds. The third kappa shape index (κ3) is 8.81. The first kappa shape index (κ1) is 40.1. The summed E-state index contributed by atoms with van der Waals surface area (Å²) in [4.78, 5) is 73.7. The molecule has 2 aliphatic rings. The van der Waals surface area contributed by atoms with Crippen molar-refractivity contribution in [3.8, 4) is 23.0 Å². The van der Waals surface area contributed by atoms with Crippen LogP contribution in [0, 0.1) is 6.92 Å². The molecule has 0 radical (unpaired) electrons. The Morgan fingerprint density at radius 2 is 1.29 bits per heavy atom. The molecule has 0 aliphatic heterocycles. The first-order chi connectivity index (χ1) is 26.5. The van der Waals surface area contributed by atoms with E-state index in [0.29, 0.717) is 27.8 Å². The van der Waals surface area contributed by atoms with E-state index in [1.54, 1.807) is 37.3 Å². The predicted molar refractivity (Wildman–Crippen MR) is 200 cm³/mol. The van der Waals surface area contributed by atoms with Crippen molar-refractivity contribution in [3.63, 3.8) is 0 Å². The summed E-state index contributed by atoms with van der Waals surface area (Å²) in [6.45, 7) is 2.34. The van der Waals surface area contributed by atoms with Crippen LogP contribution in [0.15, 0.2) is 77.9 Å². The van der Waals surface area contributed by atoms with Crippen LogP contribution in [0.3, 0.4) is 0 Å². The summed E-state index contributed by atoms with van der Waals surface area (Å²) in [7, 11) is 0. The summed E-state index contributed by atoms with van der Waals surface area (Å²) in [6.07, 6.45) is 4.47. The van der Waals surface area contributed by atoms with Gasteiger partial charge in [-0.15, -0.1) is 0 Å². The van der Waals surface area contributed by atoms with Crippen LogP contribution in [-0.2, 0) is 34.2 Å². The second kappa shape index (κ2) is 16.5. The van der Waals surface area contributed by atoms with Gasteiger partial charge in [-0.05, 0) is 77.2 Å². The third-order valence-electron chi connectivity index (χ3n) is 9.08. The number of nitrogens with zero attached hydrogens (tertiary/aromatic N) is 2. The molecule has 0 saturated heterocycles. The fourth-order valence-electron chi connectivity index (χ4n) is 6.77. The number of hydrogen-bond acceptors (Lipinski definition) is 12. The molecule has 5 rings (SSSR count). The number of ketones is 1. The molecule has 0 aromatic heterocycles. The van der Waals surface area contributed by atoms with Gasteiger partial charge in [0.2, 0.25) is 0 Å². The van der Waals surface area contributed by atoms with Crippen LogP contribution in [-0.4, -0.2) is 101 Å². The van der Waals surface area contributed by atoms with Crippen molar-refractivity contribution >= 4 is 53.1 Å². The zero-order valence-corrected chi connectivity index (χ0v) is 30.5. The quantitative estimate of drug-likeness (QED) is 0.0913. The lowest BCUT2D eigenvalue weighted by Crippen LogP contribution is -2.35. The second-order valence-corrected chi connectivity index (χ2v) is 13.4. The van der Waals surface area contributed by atoms with Crippen LogP contribution in [0.25, 0.3) is 5.57 Å². The van der Waals surface area contributed by atoms with E-state index in [1.165, 1.54) is 36.4 Å². The van der Waals surface area contributed by atoms with Crippen LogP contribution in [0.4, 0.5) is 11.4 Å². The summed E-state index contributed by atoms with van der Waals surface area (Å²) >= 11 is 0. The lowest BCUT2D eigenvalue weighted by molar-refractivity contribution is -0.138. The van der Waals surface area contributed by atoms with Gasteiger partial charge in [-0.1, -0.05) is 32.1 Å². The molecular formula is C40H38N2O14. The number of allylic oxidation sites excluding steroid dienone is 5. The van der Waals surface area contributed by atoms with E-state index in [2.05, 4.69) is 0 Å². The van der Waals surface area contributed by atoms with Gasteiger partial charge in [0.25, 0.3) is 6.47 Å². The van der Waals surface area contributed by atoms with E-state index in [-0.39, 0.29) is 65.4 Å². The van der Waals surface area contributed by atoms with Gasteiger partial charge < -0.3 is 49.5 Å². The number of rotatable bonds is 18. The largest absolute Gasteiger partial charge is 0.508 e. The van der Waals surface area contributed by atoms with E-state index in [0.717, 1.165) is 15.4 Å². The highest BCUT2D eigenvalue weighted by molar-refractivity contribution is 6.06. The second-order valence-electron chi connectivity index (χ2n) is 13.4. The Morgan fingerprint density at radius 1 is 0.714 bits per heavy atom. The van der Waals surface area contributed by atoms with Crippen molar-refractivity contribution in [1.29, 1.82) is 0 Å². The van der Waals surface area contributed by atoms with Crippen LogP contribution >= 0.6 is 0 Å². The molecule has 0 atom stereocenters. The Hall–Kier alpha value is -7.10. The van der Waals surface area contributed by atoms with Crippen LogP contribution in [0.1, 0.15) is 36.1 Å². The Morgan fingerprint density at radius 3 is 1.86 bits per heavy atom. The zero-order valence-electron chi connectivity index (χ0n) is 30.5. The SMILES string of the molecule is Cc1ccc(N(CC(=O)O)CC(=O)O)c(OCCOc2cc(C3=C4C=CC(=O)C=C4C(C)(C)c4cc(O)ccc43)c(OC=O)cc2N(CC(=O)O)CC(=O)O)c1. The number of hydrogen-bond donors (Lipinski definition) is 5. The summed E-state index contributed by atoms with van der Waals surface area (Å²) in [5, 5.41) is 48.8. The number of phenols is 1. The van der Waals surface area contributed by atoms with Gasteiger partial charge in [-0.3, -0.25) is 28.8 Å². The fourth-order valence-corrected chi connectivity index (χ4v) is 6.77. The average Bonchev–Trinajstić information content (AvgIpc) is 3.10. The Bertz CT molecular complexity index is 2190. The molecule has 0 spiro atoms. The topological polar surface area (TPSA) is 238 Å². The van der Waals surface area contributed by atoms with Gasteiger partial charge in [-0.2, -0.15) is 0 Å². The molecule has 292 valence electrons. The maximum atomic E-state index is 12.7. The number of aryl methyl sites for hydroxylation is 1. The van der Waals surface area contributed by atoms with Crippen molar-refractivity contribution in [2.24, 2.45) is 0 Å². The van der Waals surface area contributed by atoms with Crippen molar-refractivity contribution in [2.75, 3.05) is 49.2 Å². The number of carbonyl (C=O) groups is 6. The number of carboxylic acids is 4. The van der Waals surface area contributed by atoms with E-state index >= 15 is 0 Å². The van der Waals surface area contributed by atoms with E-state index in [4.69, 9.17) is 14.2 Å². The maximum Gasteiger partial charge on any atom is 0.323 e. The minimum Gasteiger partial charge on any atom is -0.508 e. The Labute approximate surface area is 319 Å². The van der Waals surface area contributed by atoms with Crippen LogP contribution < -0.4 is 24.0 Å². The molecule has 0 bridgehead atoms. The minimum atomic E-state index is -1.37. The summed E-state index contributed by atoms with van der Waals surface area (Å²) in [5.41, 5.74) is 3.17. The number of fused-ring (bicyclic) bond motifs is 2. The first-order valence-electron chi connectivity index (χ1n) is 17.0. The minimum absolute atomic E-state index is 0.0366. The lowest BCUT2D eigenvalue weighted by Gasteiger charge is -2.39. The Balaban J connectivity index is 1.64. The van der Waals surface area contributed by atoms with Gasteiger partial charge in [-0.25, -0.2) is 0 Å². The standard InChI is InChI=1S/C40H38N2O14/c1-22-4-9-30(41(17-35(46)47)18-36(48)49)33(12-22)54-10-11-55-34-15-27(32(56-21-43)16-31(34)42(19-37(50)51)20-38(52)53)39-25-7-5-23(44)13-28(25)40(2,3)29-14-24(45)6-8-26(29)39/h4-9,12-16,21,44H,10-11,17-20H2,1-3H3,(H,46,47)(H,48,49)(H,50,51)(H,52,53). The number of aliphatic carboxylic acids is 4. The van der Waals surface area contributed by atoms with E-state index < -0.39 is 55.5 Å². The highest BCUT2D eigenvalue weighted by Gasteiger charge is 2.39. The molecule has 0 unspecified atom stereocenters. The molecule has 2 aliphatic carbocycles. The molecule has 0 fully saturated rings. The number of anilines is 2. The maximum absolute atomic E-state index is 12.7. The van der Waals surface area contributed by atoms with E-state index in [9.17, 15) is 54.3 Å². The average molecular weight is 771 g/mol. The smallest absolute Gasteiger partial charge is 0.323 e. The monoisotopic (exact) mass is 770 g/mol. The molecular weight excluding hydrogens is 732 g/mol. The molecule has 3 aromatic carbocycles. The number of carbonyl (C=O) groups excluding carboxylic acids is 2. The Kier molecular flexibility index (Phi) is 11.8. The van der Waals surface area contributed by atoms with Gasteiger partial charge >= 0.3 is 23.9 Å². The molecule has 0 saturated carbocycles. The van der Waals surface area contributed by atoms with Crippen LogP contribution in [0.2, 0.25) is 0 Å². The number of benzene rings is 3. The molecule has 0 heterocycles. The van der Waals surface area contributed by atoms with Crippen molar-refractivity contribution in [1.82, 2.24) is 0 Å². The normalized spacial score (nSPS) is 13.8. The molecule has 5 N–H and O–H groups in total. The van der Waals surface area contributed by atoms with Gasteiger partial charge in [0, 0.05) is 22.6 Å². The molecule has 3 aromatic rings. The highest BCUT2D eigenvalue weighted by Crippen LogP contribution is 2.53. The summed E-state index contributed by atoms with van der Waals surface area (Å²) < 4.78 is 17.6. The van der Waals surface area contributed by atoms with Crippen molar-refractivity contribution in [2.45, 2.75) is 26.2 Å². The van der Waals surface area contributed by atoms with E-state index in [1.807, 2.05) is 13.8 Å². The molecule has 56 heavy (non-hydrogen) atoms. The first-order valence-corrected chi connectivity index (χ1v) is 17.0. The van der Waals surface area contributed by atoms with Gasteiger partial charge in [0.1, 0.15) is 62.4 Å². The van der Waals surface area contributed by atoms with Crippen molar-refractivity contribution < 1.29 is 68.5 Å². The molecule has 16 heteroatoms. The number of aromatic hydroxyl groups is 1. The lowest BCUT2D eigenvalue weighted by atomic mass is 9.64. The number of ether oxygens (including phenoxy) is 3. The zero-order chi connectivity index (χ0) is 40.9. The van der Waals surface area contributed by atoms with Gasteiger partial charge in [0.15, 0.2) is 5.78 Å². The summed E-state index contributed by atoms with van der Waals surface area (Å²) in [5.74, 6) is -5.60. The fraction of sp³-hybridized carbons (Fsp3) is 0.250. The summed E-state index contributed by atoms with van der Waals surface area (Å²) in [6, 6.07) is 12.2. The molecule has 16 nitrogen and oxygen atoms in total. The third-order valence-corrected chi connectivity index (χ3v) is 9.08. The number of phenolic OH excluding ortho intramolecular Hbond substituents is 1. The predicted octanol–water partition coefficient (Wildman–Crippen LogP) is 3.80. The number of carboxylic acid groups (broad SMARTS) is 4. The van der Waals surface area contributed by atoms with Crippen LogP contribution in [0.5, 0.6) is 23.0 Å². The highest BCUT2D eigenvalue weighted by atomic mass is 16.5. The van der Waals surface area contributed by atoms with Gasteiger partial charge in [0.05, 0.1) is 11.4 Å².